The van der Waals surface area contributed by atoms with Crippen molar-refractivity contribution in [3.63, 3.8) is 0 Å². The molecule has 24 heavy (non-hydrogen) atoms. The molecule has 18 heteroatoms. The van der Waals surface area contributed by atoms with Gasteiger partial charge in [-0.05, 0) is 0 Å². The second kappa shape index (κ2) is 25.1. The number of rotatable bonds is 11. The monoisotopic (exact) mass is 490 g/mol. The minimum atomic E-state index is -4.10. The molecule has 0 aliphatic heterocycles. The van der Waals surface area contributed by atoms with E-state index in [0.717, 1.165) is 12.0 Å². The van der Waals surface area contributed by atoms with Crippen LogP contribution in [-0.4, -0.2) is 60.5 Å². The van der Waals surface area contributed by atoms with E-state index in [9.17, 15) is 31.2 Å². The molecule has 0 N–H and O–H groups in total. The predicted molar refractivity (Wildman–Crippen MR) is 82.5 cm³/mol. The molecule has 0 atom stereocenters. The van der Waals surface area contributed by atoms with E-state index in [0.29, 0.717) is 11.5 Å². The topological polar surface area (TPSA) is 156 Å². The van der Waals surface area contributed by atoms with Crippen molar-refractivity contribution in [3.05, 3.63) is 0 Å². The van der Waals surface area contributed by atoms with Crippen LogP contribution in [0.3, 0.4) is 0 Å². The Bertz CT molecular complexity index is 433. The Morgan fingerprint density at radius 2 is 1.29 bits per heavy atom. The Kier molecular flexibility index (Phi) is 40.5. The fraction of sp³-hybridized carbons (Fsp3) is 1.00. The summed E-state index contributed by atoms with van der Waals surface area (Å²) in [5.74, 6) is 0.835. The van der Waals surface area contributed by atoms with Gasteiger partial charge in [0.2, 0.25) is 0 Å². The zero-order valence-corrected chi connectivity index (χ0v) is 24.4. The van der Waals surface area contributed by atoms with Crippen LogP contribution in [0, 0.1) is 0 Å². The van der Waals surface area contributed by atoms with Crippen molar-refractivity contribution in [3.8, 4) is 0 Å². The third-order valence-electron chi connectivity index (χ3n) is 1.17. The van der Waals surface area contributed by atoms with Gasteiger partial charge in [0, 0.05) is 46.6 Å². The van der Waals surface area contributed by atoms with Crippen LogP contribution in [0.5, 0.6) is 0 Å². The second-order valence-corrected chi connectivity index (χ2v) is 9.83. The van der Waals surface area contributed by atoms with Crippen molar-refractivity contribution in [1.29, 1.82) is 0 Å². The molecule has 0 unspecified atom stereocenters. The van der Waals surface area contributed by atoms with Gasteiger partial charge in [0.1, 0.15) is 0 Å². The third kappa shape index (κ3) is 45.1. The molecular formula is C6H13Na3O9S6. The first-order chi connectivity index (χ1) is 9.62. The number of hydrogen-bond donors (Lipinski definition) is 1. The Balaban J connectivity index is -0.000000105. The fourth-order valence-corrected chi connectivity index (χ4v) is 5.29. The molecule has 0 aromatic rings. The van der Waals surface area contributed by atoms with Gasteiger partial charge in [-0.1, -0.05) is 21.6 Å². The van der Waals surface area contributed by atoms with Gasteiger partial charge in [-0.2, -0.15) is 17.0 Å². The van der Waals surface area contributed by atoms with E-state index in [1.54, 1.807) is 0 Å². The molecule has 0 aliphatic carbocycles. The van der Waals surface area contributed by atoms with Crippen LogP contribution < -0.4 is 93.9 Å². The van der Waals surface area contributed by atoms with Crippen molar-refractivity contribution in [1.82, 2.24) is 0 Å². The molecule has 0 aromatic heterocycles. The van der Waals surface area contributed by atoms with Gasteiger partial charge in [-0.3, -0.25) is 5.04 Å². The molecule has 130 valence electrons. The molecular weight excluding hydrogens is 477 g/mol. The fourth-order valence-electron chi connectivity index (χ4n) is 0.487. The number of hydrogen-bond acceptors (Lipinski definition) is 13. The molecule has 0 heterocycles. The first-order valence-electron chi connectivity index (χ1n) is 4.93. The summed E-state index contributed by atoms with van der Waals surface area (Å²) in [4.78, 5) is 0. The van der Waals surface area contributed by atoms with Crippen LogP contribution in [0.25, 0.3) is 0 Å². The average Bonchev–Trinajstić information content (AvgIpc) is 2.30. The van der Waals surface area contributed by atoms with E-state index in [4.69, 9.17) is 0 Å². The molecule has 0 aromatic carbocycles. The average molecular weight is 491 g/mol. The molecule has 0 bridgehead atoms. The minimum absolute atomic E-state index is 0. The van der Waals surface area contributed by atoms with Crippen LogP contribution in [0.1, 0.15) is 0 Å². The van der Waals surface area contributed by atoms with E-state index in [2.05, 4.69) is 22.0 Å². The summed E-state index contributed by atoms with van der Waals surface area (Å²) in [7, 11) is -5.41. The standard InChI is InChI=1S/C4H10O6S4.C2H6O3S2.3Na/c5-9-10-11-1-2-12-13-3-4-14(6,7)8;3-7(4,5)2-1-6;;;/h5H,1-4H2,(H,6,7,8);6H,1-2H2,(H,3,4,5);;;/q;;3*+1/p-3. The molecule has 0 fully saturated rings. The van der Waals surface area contributed by atoms with Crippen LogP contribution in [0.4, 0.5) is 0 Å². The molecule has 0 saturated carbocycles. The molecule has 0 saturated heterocycles. The Morgan fingerprint density at radius 1 is 0.833 bits per heavy atom. The zero-order valence-electron chi connectivity index (χ0n) is 13.4. The van der Waals surface area contributed by atoms with Crippen molar-refractivity contribution < 1.29 is 129 Å². The van der Waals surface area contributed by atoms with Crippen molar-refractivity contribution >= 4 is 66.5 Å². The van der Waals surface area contributed by atoms with E-state index in [1.165, 1.54) is 21.6 Å². The molecule has 0 radical (unpaired) electrons. The van der Waals surface area contributed by atoms with Crippen LogP contribution in [0.15, 0.2) is 0 Å². The SMILES string of the molecule is O=S(=O)([O-])CCS.O=S(=O)([O-])CCSSCCSOO[O-].[Na+].[Na+].[Na+]. The molecule has 0 spiro atoms. The summed E-state index contributed by atoms with van der Waals surface area (Å²) in [5, 5.41) is 12.4. The van der Waals surface area contributed by atoms with E-state index < -0.39 is 20.2 Å². The van der Waals surface area contributed by atoms with E-state index in [-0.39, 0.29) is 112 Å². The zero-order chi connectivity index (χ0) is 16.8. The molecule has 0 rings (SSSR count). The second-order valence-electron chi connectivity index (χ2n) is 2.85. The van der Waals surface area contributed by atoms with E-state index >= 15 is 0 Å². The molecule has 0 aliphatic rings. The van der Waals surface area contributed by atoms with Gasteiger partial charge in [0.15, 0.2) is 0 Å². The van der Waals surface area contributed by atoms with Crippen LogP contribution in [-0.2, 0) is 29.6 Å². The molecule has 0 amide bonds. The Hall–Kier alpha value is 4.10. The smallest absolute Gasteiger partial charge is 0.748 e. The number of thiol groups is 1. The van der Waals surface area contributed by atoms with Gasteiger partial charge in [0.25, 0.3) is 0 Å². The maximum atomic E-state index is 10.2. The first-order valence-corrected chi connectivity index (χ1v) is 12.1. The summed E-state index contributed by atoms with van der Waals surface area (Å²) in [6, 6.07) is 0. The van der Waals surface area contributed by atoms with E-state index in [1.807, 2.05) is 0 Å². The summed E-state index contributed by atoms with van der Waals surface area (Å²) in [6.45, 7) is 0. The predicted octanol–water partition coefficient (Wildman–Crippen LogP) is -9.74. The van der Waals surface area contributed by atoms with Gasteiger partial charge < -0.3 is 14.4 Å². The maximum absolute atomic E-state index is 10.2. The quantitative estimate of drug-likeness (QED) is 0.0427. The maximum Gasteiger partial charge on any atom is 1.00 e. The first kappa shape index (κ1) is 38.7. The van der Waals surface area contributed by atoms with Crippen molar-refractivity contribution in [2.45, 2.75) is 0 Å². The summed E-state index contributed by atoms with van der Waals surface area (Å²) >= 11 is 4.40. The van der Waals surface area contributed by atoms with Gasteiger partial charge in [-0.15, -0.1) is 0 Å². The summed E-state index contributed by atoms with van der Waals surface area (Å²) in [5.41, 5.74) is 0. The Labute approximate surface area is 226 Å². The van der Waals surface area contributed by atoms with Crippen molar-refractivity contribution in [2.24, 2.45) is 0 Å². The summed E-state index contributed by atoms with van der Waals surface area (Å²) < 4.78 is 63.3. The third-order valence-corrected chi connectivity index (χ3v) is 6.55. The largest absolute Gasteiger partial charge is 1.00 e. The van der Waals surface area contributed by atoms with Gasteiger partial charge >= 0.3 is 88.7 Å². The molecule has 9 nitrogen and oxygen atoms in total. The van der Waals surface area contributed by atoms with Crippen molar-refractivity contribution in [2.75, 3.05) is 34.5 Å². The summed E-state index contributed by atoms with van der Waals surface area (Å²) in [6.07, 6.45) is 0. The van der Waals surface area contributed by atoms with Gasteiger partial charge in [0.05, 0.1) is 20.2 Å². The Morgan fingerprint density at radius 3 is 1.62 bits per heavy atom. The van der Waals surface area contributed by atoms with Crippen LogP contribution in [0.2, 0.25) is 0 Å². The normalized spacial score (nSPS) is 10.3. The minimum Gasteiger partial charge on any atom is -0.748 e. The van der Waals surface area contributed by atoms with Crippen LogP contribution >= 0.6 is 46.3 Å². The van der Waals surface area contributed by atoms with Gasteiger partial charge in [-0.25, -0.2) is 16.8 Å².